The third-order valence-electron chi connectivity index (χ3n) is 3.23. The zero-order valence-corrected chi connectivity index (χ0v) is 13.4. The normalized spacial score (nSPS) is 10.9. The van der Waals surface area contributed by atoms with Crippen molar-refractivity contribution in [1.29, 1.82) is 0 Å². The first kappa shape index (κ1) is 15.9. The van der Waals surface area contributed by atoms with Crippen LogP contribution < -0.4 is 0 Å². The van der Waals surface area contributed by atoms with E-state index in [1.165, 1.54) is 12.1 Å². The molecule has 0 aliphatic heterocycles. The summed E-state index contributed by atoms with van der Waals surface area (Å²) in [6.07, 6.45) is 0.452. The van der Waals surface area contributed by atoms with Crippen LogP contribution in [0.15, 0.2) is 53.0 Å². The van der Waals surface area contributed by atoms with E-state index < -0.39 is 0 Å². The van der Waals surface area contributed by atoms with Gasteiger partial charge in [0.2, 0.25) is 0 Å². The van der Waals surface area contributed by atoms with Gasteiger partial charge in [0.15, 0.2) is 5.78 Å². The maximum atomic E-state index is 13.1. The van der Waals surface area contributed by atoms with Gasteiger partial charge in [0.25, 0.3) is 0 Å². The van der Waals surface area contributed by atoms with Crippen molar-refractivity contribution in [3.63, 3.8) is 0 Å². The third-order valence-corrected chi connectivity index (χ3v) is 3.76. The molecule has 0 bridgehead atoms. The molecule has 0 unspecified atom stereocenters. The lowest BCUT2D eigenvalue weighted by atomic mass is 10.1. The highest BCUT2D eigenvalue weighted by Crippen LogP contribution is 2.12. The first-order valence-corrected chi connectivity index (χ1v) is 7.55. The summed E-state index contributed by atoms with van der Waals surface area (Å²) in [6, 6.07) is 13.9. The van der Waals surface area contributed by atoms with Crippen LogP contribution in [0.4, 0.5) is 4.39 Å². The van der Waals surface area contributed by atoms with E-state index in [9.17, 15) is 9.18 Å². The van der Waals surface area contributed by atoms with Crippen molar-refractivity contribution < 1.29 is 9.18 Å². The van der Waals surface area contributed by atoms with E-state index in [1.807, 2.05) is 42.3 Å². The van der Waals surface area contributed by atoms with Crippen LogP contribution >= 0.6 is 15.9 Å². The smallest absolute Gasteiger partial charge is 0.164 e. The second-order valence-corrected chi connectivity index (χ2v) is 5.96. The summed E-state index contributed by atoms with van der Waals surface area (Å²) in [5.41, 5.74) is 1.63. The molecule has 0 saturated carbocycles. The predicted octanol–water partition coefficient (Wildman–Crippen LogP) is 4.29. The second-order valence-electron chi connectivity index (χ2n) is 5.05. The maximum absolute atomic E-state index is 13.1. The van der Waals surface area contributed by atoms with Crippen LogP contribution in [-0.4, -0.2) is 24.3 Å². The Labute approximate surface area is 132 Å². The SMILES string of the molecule is CN(CCC(=O)c1ccc(Br)cc1)Cc1cccc(F)c1. The quantitative estimate of drug-likeness (QED) is 0.725. The molecule has 0 aromatic heterocycles. The molecule has 2 nitrogen and oxygen atoms in total. The first-order valence-electron chi connectivity index (χ1n) is 6.76. The van der Waals surface area contributed by atoms with Crippen molar-refractivity contribution in [2.75, 3.05) is 13.6 Å². The molecule has 110 valence electrons. The van der Waals surface area contributed by atoms with Gasteiger partial charge in [-0.2, -0.15) is 0 Å². The molecule has 2 aromatic rings. The van der Waals surface area contributed by atoms with Crippen LogP contribution in [0.25, 0.3) is 0 Å². The van der Waals surface area contributed by atoms with Crippen LogP contribution in [0.2, 0.25) is 0 Å². The van der Waals surface area contributed by atoms with Crippen LogP contribution in [0, 0.1) is 5.82 Å². The van der Waals surface area contributed by atoms with Crippen LogP contribution in [-0.2, 0) is 6.54 Å². The topological polar surface area (TPSA) is 20.3 Å². The van der Waals surface area contributed by atoms with Gasteiger partial charge in [-0.25, -0.2) is 4.39 Å². The molecule has 0 heterocycles. The fourth-order valence-corrected chi connectivity index (χ4v) is 2.36. The number of hydrogen-bond acceptors (Lipinski definition) is 2. The number of carbonyl (C=O) groups is 1. The summed E-state index contributed by atoms with van der Waals surface area (Å²) in [7, 11) is 1.93. The van der Waals surface area contributed by atoms with Crippen molar-refractivity contribution >= 4 is 21.7 Å². The second kappa shape index (κ2) is 7.48. The zero-order chi connectivity index (χ0) is 15.2. The first-order chi connectivity index (χ1) is 10.0. The molecule has 0 N–H and O–H groups in total. The summed E-state index contributed by atoms with van der Waals surface area (Å²) >= 11 is 3.35. The van der Waals surface area contributed by atoms with Gasteiger partial charge in [-0.3, -0.25) is 4.79 Å². The average molecular weight is 350 g/mol. The van der Waals surface area contributed by atoms with Crippen LogP contribution in [0.1, 0.15) is 22.3 Å². The minimum atomic E-state index is -0.230. The largest absolute Gasteiger partial charge is 0.302 e. The number of ketones is 1. The van der Waals surface area contributed by atoms with Crippen molar-refractivity contribution in [3.05, 3.63) is 69.9 Å². The highest BCUT2D eigenvalue weighted by Gasteiger charge is 2.08. The molecule has 0 saturated heterocycles. The standard InChI is InChI=1S/C17H17BrFNO/c1-20(12-13-3-2-4-16(19)11-13)10-9-17(21)14-5-7-15(18)8-6-14/h2-8,11H,9-10,12H2,1H3. The maximum Gasteiger partial charge on any atom is 0.164 e. The number of halogens is 2. The van der Waals surface area contributed by atoms with Gasteiger partial charge >= 0.3 is 0 Å². The van der Waals surface area contributed by atoms with Gasteiger partial charge in [0.05, 0.1) is 0 Å². The van der Waals surface area contributed by atoms with E-state index in [-0.39, 0.29) is 11.6 Å². The fourth-order valence-electron chi connectivity index (χ4n) is 2.10. The number of nitrogens with zero attached hydrogens (tertiary/aromatic N) is 1. The number of hydrogen-bond donors (Lipinski definition) is 0. The van der Waals surface area contributed by atoms with Gasteiger partial charge in [-0.15, -0.1) is 0 Å². The molecule has 0 amide bonds. The Hall–Kier alpha value is -1.52. The van der Waals surface area contributed by atoms with Crippen molar-refractivity contribution in [3.8, 4) is 0 Å². The Bertz CT molecular complexity index is 612. The van der Waals surface area contributed by atoms with Crippen LogP contribution in [0.5, 0.6) is 0 Å². The molecule has 21 heavy (non-hydrogen) atoms. The summed E-state index contributed by atoms with van der Waals surface area (Å²) in [6.45, 7) is 1.27. The Balaban J connectivity index is 1.84. The highest BCUT2D eigenvalue weighted by atomic mass is 79.9. The number of carbonyl (C=O) groups excluding carboxylic acids is 1. The monoisotopic (exact) mass is 349 g/mol. The molecule has 0 fully saturated rings. The van der Waals surface area contributed by atoms with E-state index >= 15 is 0 Å². The lowest BCUT2D eigenvalue weighted by Crippen LogP contribution is -2.21. The van der Waals surface area contributed by atoms with E-state index in [0.29, 0.717) is 19.5 Å². The lowest BCUT2D eigenvalue weighted by molar-refractivity contribution is 0.0968. The Morgan fingerprint density at radius 3 is 2.57 bits per heavy atom. The third kappa shape index (κ3) is 5.06. The summed E-state index contributed by atoms with van der Waals surface area (Å²) in [5.74, 6) is -0.111. The van der Waals surface area contributed by atoms with Gasteiger partial charge < -0.3 is 4.90 Å². The molecule has 2 aromatic carbocycles. The molecule has 0 spiro atoms. The average Bonchev–Trinajstić information content (AvgIpc) is 2.45. The predicted molar refractivity (Wildman–Crippen MR) is 85.8 cm³/mol. The van der Waals surface area contributed by atoms with Crippen molar-refractivity contribution in [2.24, 2.45) is 0 Å². The minimum absolute atomic E-state index is 0.119. The highest BCUT2D eigenvalue weighted by molar-refractivity contribution is 9.10. The molecule has 0 aliphatic rings. The zero-order valence-electron chi connectivity index (χ0n) is 11.9. The van der Waals surface area contributed by atoms with Gasteiger partial charge in [0.1, 0.15) is 5.82 Å². The summed E-state index contributed by atoms with van der Waals surface area (Å²) in [4.78, 5) is 14.1. The molecule has 0 aliphatic carbocycles. The molecule has 4 heteroatoms. The molecule has 0 radical (unpaired) electrons. The minimum Gasteiger partial charge on any atom is -0.302 e. The van der Waals surface area contributed by atoms with Gasteiger partial charge in [-0.1, -0.05) is 40.2 Å². The molecule has 2 rings (SSSR count). The lowest BCUT2D eigenvalue weighted by Gasteiger charge is -2.16. The number of rotatable bonds is 6. The van der Waals surface area contributed by atoms with Gasteiger partial charge in [0, 0.05) is 29.5 Å². The number of benzene rings is 2. The Kier molecular flexibility index (Phi) is 5.65. The Morgan fingerprint density at radius 1 is 1.19 bits per heavy atom. The van der Waals surface area contributed by atoms with Crippen molar-refractivity contribution in [2.45, 2.75) is 13.0 Å². The van der Waals surface area contributed by atoms with Gasteiger partial charge in [-0.05, 0) is 36.9 Å². The number of Topliss-reactive ketones (excluding diaryl/α,β-unsaturated/α-hetero) is 1. The molecular formula is C17H17BrFNO. The van der Waals surface area contributed by atoms with E-state index in [1.54, 1.807) is 6.07 Å². The van der Waals surface area contributed by atoms with E-state index in [4.69, 9.17) is 0 Å². The van der Waals surface area contributed by atoms with E-state index in [2.05, 4.69) is 15.9 Å². The summed E-state index contributed by atoms with van der Waals surface area (Å²) in [5, 5.41) is 0. The van der Waals surface area contributed by atoms with E-state index in [0.717, 1.165) is 15.6 Å². The Morgan fingerprint density at radius 2 is 1.90 bits per heavy atom. The molecular weight excluding hydrogens is 333 g/mol. The molecule has 0 atom stereocenters. The summed E-state index contributed by atoms with van der Waals surface area (Å²) < 4.78 is 14.1. The fraction of sp³-hybridized carbons (Fsp3) is 0.235. The van der Waals surface area contributed by atoms with Crippen LogP contribution in [0.3, 0.4) is 0 Å². The van der Waals surface area contributed by atoms with Crippen molar-refractivity contribution in [1.82, 2.24) is 4.90 Å².